The lowest BCUT2D eigenvalue weighted by molar-refractivity contribution is -0.137. The molecule has 1 aromatic rings. The summed E-state index contributed by atoms with van der Waals surface area (Å²) in [5, 5.41) is 4.56. The van der Waals surface area contributed by atoms with Gasteiger partial charge >= 0.3 is 0 Å². The van der Waals surface area contributed by atoms with Crippen molar-refractivity contribution in [2.24, 2.45) is 0 Å². The van der Waals surface area contributed by atoms with Crippen LogP contribution in [-0.2, 0) is 9.53 Å². The monoisotopic (exact) mass is 330 g/mol. The number of hydrogen-bond donors (Lipinski definition) is 1. The fourth-order valence-electron chi connectivity index (χ4n) is 2.44. The van der Waals surface area contributed by atoms with Crippen molar-refractivity contribution in [2.75, 3.05) is 26.3 Å². The minimum Gasteiger partial charge on any atom is -0.378 e. The minimum atomic E-state index is -0.284. The van der Waals surface area contributed by atoms with E-state index in [0.717, 1.165) is 5.56 Å². The van der Waals surface area contributed by atoms with Crippen LogP contribution in [0.3, 0.4) is 0 Å². The van der Waals surface area contributed by atoms with Crippen LogP contribution in [0, 0.1) is 0 Å². The van der Waals surface area contributed by atoms with Gasteiger partial charge in [0, 0.05) is 29.2 Å². The van der Waals surface area contributed by atoms with Gasteiger partial charge in [-0.15, -0.1) is 0 Å². The van der Waals surface area contributed by atoms with Crippen LogP contribution in [0.4, 0.5) is 0 Å². The molecule has 0 aromatic heterocycles. The van der Waals surface area contributed by atoms with Crippen molar-refractivity contribution in [2.45, 2.75) is 25.9 Å². The summed E-state index contributed by atoms with van der Waals surface area (Å²) in [6, 6.07) is 5.01. The van der Waals surface area contributed by atoms with Crippen LogP contribution in [0.1, 0.15) is 25.5 Å². The average Bonchev–Trinajstić information content (AvgIpc) is 2.49. The number of halogens is 2. The number of hydrogen-bond acceptors (Lipinski definition) is 3. The molecule has 1 N–H and O–H groups in total. The van der Waals surface area contributed by atoms with E-state index in [1.165, 1.54) is 0 Å². The van der Waals surface area contributed by atoms with Gasteiger partial charge in [-0.2, -0.15) is 0 Å². The molecule has 2 atom stereocenters. The first kappa shape index (κ1) is 16.6. The van der Waals surface area contributed by atoms with Gasteiger partial charge in [0.2, 0.25) is 5.91 Å². The number of morpholine rings is 1. The molecule has 1 heterocycles. The second kappa shape index (κ2) is 7.45. The Hall–Kier alpha value is -0.810. The smallest absolute Gasteiger partial charge is 0.239 e. The number of amides is 1. The molecule has 0 spiro atoms. The van der Waals surface area contributed by atoms with Crippen molar-refractivity contribution in [3.8, 4) is 0 Å². The Morgan fingerprint density at radius 1 is 1.29 bits per heavy atom. The Labute approximate surface area is 135 Å². The molecule has 116 valence electrons. The van der Waals surface area contributed by atoms with E-state index in [9.17, 15) is 4.79 Å². The molecular weight excluding hydrogens is 311 g/mol. The van der Waals surface area contributed by atoms with Crippen molar-refractivity contribution < 1.29 is 9.53 Å². The lowest BCUT2D eigenvalue weighted by atomic mass is 10.1. The van der Waals surface area contributed by atoms with Crippen LogP contribution in [-0.4, -0.2) is 43.2 Å². The van der Waals surface area contributed by atoms with Crippen molar-refractivity contribution in [3.05, 3.63) is 33.8 Å². The zero-order chi connectivity index (χ0) is 15.4. The zero-order valence-corrected chi connectivity index (χ0v) is 13.7. The van der Waals surface area contributed by atoms with E-state index in [0.29, 0.717) is 36.3 Å². The van der Waals surface area contributed by atoms with E-state index in [-0.39, 0.29) is 18.0 Å². The predicted molar refractivity (Wildman–Crippen MR) is 84.9 cm³/mol. The Morgan fingerprint density at radius 2 is 1.95 bits per heavy atom. The maximum Gasteiger partial charge on any atom is 0.239 e. The first-order chi connectivity index (χ1) is 9.99. The molecule has 1 amide bonds. The molecule has 1 aromatic carbocycles. The molecule has 2 unspecified atom stereocenters. The largest absolute Gasteiger partial charge is 0.378 e. The fourth-order valence-corrected chi connectivity index (χ4v) is 2.90. The van der Waals surface area contributed by atoms with Gasteiger partial charge in [-0.1, -0.05) is 23.2 Å². The standard InChI is InChI=1S/C15H20Cl2N2O2/c1-10(13-9-12(16)3-4-14(13)17)18-11(2)15(20)19-5-7-21-8-6-19/h3-4,9-11,18H,5-8H2,1-2H3. The molecule has 4 nitrogen and oxygen atoms in total. The van der Waals surface area contributed by atoms with Gasteiger partial charge < -0.3 is 9.64 Å². The van der Waals surface area contributed by atoms with Crippen LogP contribution in [0.15, 0.2) is 18.2 Å². The van der Waals surface area contributed by atoms with E-state index in [4.69, 9.17) is 27.9 Å². The SMILES string of the molecule is CC(NC(C)c1cc(Cl)ccc1Cl)C(=O)N1CCOCC1. The summed E-state index contributed by atoms with van der Waals surface area (Å²) in [4.78, 5) is 14.2. The lowest BCUT2D eigenvalue weighted by Gasteiger charge is -2.30. The van der Waals surface area contributed by atoms with E-state index in [1.807, 2.05) is 24.8 Å². The van der Waals surface area contributed by atoms with Crippen molar-refractivity contribution in [1.29, 1.82) is 0 Å². The van der Waals surface area contributed by atoms with Crippen LogP contribution >= 0.6 is 23.2 Å². The van der Waals surface area contributed by atoms with Crippen molar-refractivity contribution in [3.63, 3.8) is 0 Å². The highest BCUT2D eigenvalue weighted by atomic mass is 35.5. The molecule has 0 bridgehead atoms. The molecule has 0 aliphatic carbocycles. The number of nitrogens with one attached hydrogen (secondary N) is 1. The van der Waals surface area contributed by atoms with Gasteiger partial charge in [0.05, 0.1) is 19.3 Å². The highest BCUT2D eigenvalue weighted by Gasteiger charge is 2.24. The van der Waals surface area contributed by atoms with Gasteiger partial charge in [0.15, 0.2) is 0 Å². The van der Waals surface area contributed by atoms with Crippen LogP contribution in [0.5, 0.6) is 0 Å². The summed E-state index contributed by atoms with van der Waals surface area (Å²) in [5.41, 5.74) is 0.894. The van der Waals surface area contributed by atoms with Gasteiger partial charge in [0.1, 0.15) is 0 Å². The summed E-state index contributed by atoms with van der Waals surface area (Å²) in [6.45, 7) is 6.35. The highest BCUT2D eigenvalue weighted by Crippen LogP contribution is 2.26. The predicted octanol–water partition coefficient (Wildman–Crippen LogP) is 2.89. The number of carbonyl (C=O) groups is 1. The Bertz CT molecular complexity index is 504. The van der Waals surface area contributed by atoms with E-state index in [2.05, 4.69) is 5.32 Å². The molecule has 6 heteroatoms. The van der Waals surface area contributed by atoms with Gasteiger partial charge in [0.25, 0.3) is 0 Å². The maximum absolute atomic E-state index is 12.4. The number of ether oxygens (including phenoxy) is 1. The normalized spacial score (nSPS) is 18.4. The van der Waals surface area contributed by atoms with Crippen molar-refractivity contribution >= 4 is 29.1 Å². The molecule has 1 saturated heterocycles. The third-order valence-corrected chi connectivity index (χ3v) is 4.20. The summed E-state index contributed by atoms with van der Waals surface area (Å²) in [5.74, 6) is 0.0864. The summed E-state index contributed by atoms with van der Waals surface area (Å²) >= 11 is 12.2. The third kappa shape index (κ3) is 4.33. The molecule has 0 saturated carbocycles. The Morgan fingerprint density at radius 3 is 2.62 bits per heavy atom. The summed E-state index contributed by atoms with van der Waals surface area (Å²) in [7, 11) is 0. The third-order valence-electron chi connectivity index (χ3n) is 3.62. The quantitative estimate of drug-likeness (QED) is 0.922. The number of nitrogens with zero attached hydrogens (tertiary/aromatic N) is 1. The Balaban J connectivity index is 1.99. The highest BCUT2D eigenvalue weighted by molar-refractivity contribution is 6.33. The number of rotatable bonds is 4. The average molecular weight is 331 g/mol. The number of benzene rings is 1. The second-order valence-corrected chi connectivity index (χ2v) is 6.06. The van der Waals surface area contributed by atoms with Crippen LogP contribution in [0.25, 0.3) is 0 Å². The van der Waals surface area contributed by atoms with E-state index >= 15 is 0 Å². The van der Waals surface area contributed by atoms with Gasteiger partial charge in [-0.3, -0.25) is 10.1 Å². The topological polar surface area (TPSA) is 41.6 Å². The summed E-state index contributed by atoms with van der Waals surface area (Å²) in [6.07, 6.45) is 0. The second-order valence-electron chi connectivity index (χ2n) is 5.21. The van der Waals surface area contributed by atoms with Gasteiger partial charge in [-0.05, 0) is 37.6 Å². The van der Waals surface area contributed by atoms with E-state index < -0.39 is 0 Å². The first-order valence-electron chi connectivity index (χ1n) is 7.06. The zero-order valence-electron chi connectivity index (χ0n) is 12.2. The van der Waals surface area contributed by atoms with E-state index in [1.54, 1.807) is 12.1 Å². The molecule has 21 heavy (non-hydrogen) atoms. The lowest BCUT2D eigenvalue weighted by Crippen LogP contribution is -2.49. The fraction of sp³-hybridized carbons (Fsp3) is 0.533. The first-order valence-corrected chi connectivity index (χ1v) is 7.82. The van der Waals surface area contributed by atoms with Crippen molar-refractivity contribution in [1.82, 2.24) is 10.2 Å². The molecule has 0 radical (unpaired) electrons. The van der Waals surface area contributed by atoms with Crippen LogP contribution < -0.4 is 5.32 Å². The maximum atomic E-state index is 12.4. The van der Waals surface area contributed by atoms with Gasteiger partial charge in [-0.25, -0.2) is 0 Å². The molecule has 1 aliphatic heterocycles. The summed E-state index contributed by atoms with van der Waals surface area (Å²) < 4.78 is 5.26. The number of carbonyl (C=O) groups excluding carboxylic acids is 1. The minimum absolute atomic E-state index is 0.0591. The molecule has 1 fully saturated rings. The molecule has 2 rings (SSSR count). The molecule has 1 aliphatic rings. The Kier molecular flexibility index (Phi) is 5.88. The van der Waals surface area contributed by atoms with Crippen LogP contribution in [0.2, 0.25) is 10.0 Å². The molecular formula is C15H20Cl2N2O2.